The summed E-state index contributed by atoms with van der Waals surface area (Å²) in [6.07, 6.45) is 1.18. The van der Waals surface area contributed by atoms with Gasteiger partial charge in [-0.15, -0.1) is 0 Å². The van der Waals surface area contributed by atoms with E-state index in [9.17, 15) is 9.59 Å². The number of methoxy groups -OCH3 is 1. The quantitative estimate of drug-likeness (QED) is 0.515. The van der Waals surface area contributed by atoms with Crippen LogP contribution in [0.1, 0.15) is 17.3 Å². The highest BCUT2D eigenvalue weighted by Crippen LogP contribution is 2.17. The molecule has 0 aliphatic rings. The summed E-state index contributed by atoms with van der Waals surface area (Å²) in [5.74, 6) is -1.07. The number of aromatic nitrogens is 1. The minimum absolute atomic E-state index is 0.00903. The normalized spacial score (nSPS) is 11.7. The van der Waals surface area contributed by atoms with Crippen molar-refractivity contribution in [3.63, 3.8) is 0 Å². The van der Waals surface area contributed by atoms with Crippen molar-refractivity contribution in [1.29, 1.82) is 0 Å². The van der Waals surface area contributed by atoms with Gasteiger partial charge in [0.15, 0.2) is 0 Å². The molecular weight excluding hydrogens is 264 g/mol. The van der Waals surface area contributed by atoms with Gasteiger partial charge in [-0.25, -0.2) is 9.78 Å². The number of rotatable bonds is 7. The van der Waals surface area contributed by atoms with Crippen LogP contribution in [-0.2, 0) is 9.53 Å². The van der Waals surface area contributed by atoms with E-state index in [-0.39, 0.29) is 23.0 Å². The van der Waals surface area contributed by atoms with Gasteiger partial charge in [-0.05, 0) is 13.0 Å². The number of aromatic carboxylic acids is 1. The molecule has 8 heteroatoms. The molecule has 20 heavy (non-hydrogen) atoms. The number of carbonyl (C=O) groups is 2. The number of pyridine rings is 1. The first-order valence-corrected chi connectivity index (χ1v) is 5.97. The van der Waals surface area contributed by atoms with Gasteiger partial charge in [-0.3, -0.25) is 4.79 Å². The molecule has 0 saturated heterocycles. The summed E-state index contributed by atoms with van der Waals surface area (Å²) in [6.45, 7) is 2.47. The van der Waals surface area contributed by atoms with Gasteiger partial charge >= 0.3 is 5.97 Å². The number of hydrogen-bond acceptors (Lipinski definition) is 6. The van der Waals surface area contributed by atoms with Gasteiger partial charge in [0.2, 0.25) is 5.91 Å². The third-order valence-corrected chi connectivity index (χ3v) is 2.52. The Bertz CT molecular complexity index is 492. The van der Waals surface area contributed by atoms with Crippen molar-refractivity contribution in [2.75, 3.05) is 31.3 Å². The molecule has 1 atom stereocenters. The maximum absolute atomic E-state index is 11.7. The lowest BCUT2D eigenvalue weighted by Gasteiger charge is -2.15. The Kier molecular flexibility index (Phi) is 5.73. The molecule has 8 nitrogen and oxygen atoms in total. The van der Waals surface area contributed by atoms with E-state index >= 15 is 0 Å². The molecule has 0 aliphatic heterocycles. The molecule has 110 valence electrons. The van der Waals surface area contributed by atoms with Crippen molar-refractivity contribution in [1.82, 2.24) is 10.3 Å². The van der Waals surface area contributed by atoms with E-state index in [2.05, 4.69) is 15.6 Å². The molecule has 0 fully saturated rings. The van der Waals surface area contributed by atoms with E-state index in [0.717, 1.165) is 0 Å². The summed E-state index contributed by atoms with van der Waals surface area (Å²) in [6, 6.07) is 0.727. The molecule has 0 spiro atoms. The Hall–Kier alpha value is -2.35. The molecule has 1 rings (SSSR count). The molecule has 0 radical (unpaired) electrons. The Morgan fingerprint density at radius 2 is 2.25 bits per heavy atom. The number of ether oxygens (including phenoxy) is 1. The number of carbonyl (C=O) groups excluding carboxylic acids is 1. The lowest BCUT2D eigenvalue weighted by atomic mass is 10.2. The smallest absolute Gasteiger partial charge is 0.337 e. The zero-order valence-electron chi connectivity index (χ0n) is 11.3. The third kappa shape index (κ3) is 4.39. The number of carboxylic acid groups (broad SMARTS) is 1. The molecule has 0 aliphatic carbocycles. The largest absolute Gasteiger partial charge is 0.478 e. The second kappa shape index (κ2) is 7.29. The van der Waals surface area contributed by atoms with Crippen LogP contribution < -0.4 is 16.4 Å². The van der Waals surface area contributed by atoms with Gasteiger partial charge in [0.05, 0.1) is 17.9 Å². The van der Waals surface area contributed by atoms with E-state index in [1.54, 1.807) is 14.0 Å². The Balaban J connectivity index is 2.63. The standard InChI is InChI=1S/C12H18N4O4/c1-7(11(17)14-3-4-20-2)16-10-9(13)5-8(6-15-10)12(18)19/h5-7H,3-4,13H2,1-2H3,(H,14,17)(H,15,16)(H,18,19). The topological polar surface area (TPSA) is 127 Å². The van der Waals surface area contributed by atoms with Crippen molar-refractivity contribution in [3.05, 3.63) is 17.8 Å². The van der Waals surface area contributed by atoms with Crippen molar-refractivity contribution < 1.29 is 19.4 Å². The molecule has 1 amide bonds. The lowest BCUT2D eigenvalue weighted by molar-refractivity contribution is -0.121. The third-order valence-electron chi connectivity index (χ3n) is 2.52. The zero-order valence-corrected chi connectivity index (χ0v) is 11.3. The van der Waals surface area contributed by atoms with Crippen LogP contribution in [0.2, 0.25) is 0 Å². The maximum atomic E-state index is 11.7. The summed E-state index contributed by atoms with van der Waals surface area (Å²) >= 11 is 0. The molecule has 5 N–H and O–H groups in total. The second-order valence-electron chi connectivity index (χ2n) is 4.12. The summed E-state index contributed by atoms with van der Waals surface area (Å²) in [4.78, 5) is 26.4. The van der Waals surface area contributed by atoms with Gasteiger partial charge in [-0.2, -0.15) is 0 Å². The maximum Gasteiger partial charge on any atom is 0.337 e. The highest BCUT2D eigenvalue weighted by molar-refractivity contribution is 5.90. The van der Waals surface area contributed by atoms with Crippen LogP contribution in [0.25, 0.3) is 0 Å². The number of nitrogens with one attached hydrogen (secondary N) is 2. The van der Waals surface area contributed by atoms with Crippen LogP contribution in [0.3, 0.4) is 0 Å². The summed E-state index contributed by atoms with van der Waals surface area (Å²) in [5, 5.41) is 14.3. The molecule has 0 saturated carbocycles. The number of nitrogens with two attached hydrogens (primary N) is 1. The fraction of sp³-hybridized carbons (Fsp3) is 0.417. The number of hydrogen-bond donors (Lipinski definition) is 4. The highest BCUT2D eigenvalue weighted by atomic mass is 16.5. The second-order valence-corrected chi connectivity index (χ2v) is 4.12. The van der Waals surface area contributed by atoms with Crippen LogP contribution in [-0.4, -0.2) is 48.3 Å². The molecule has 1 aromatic heterocycles. The fourth-order valence-corrected chi connectivity index (χ4v) is 1.42. The average molecular weight is 282 g/mol. The first kappa shape index (κ1) is 15.7. The first-order valence-electron chi connectivity index (χ1n) is 5.97. The van der Waals surface area contributed by atoms with Crippen molar-refractivity contribution in [3.8, 4) is 0 Å². The van der Waals surface area contributed by atoms with Crippen LogP contribution in [0.4, 0.5) is 11.5 Å². The molecule has 0 bridgehead atoms. The summed E-state index contributed by atoms with van der Waals surface area (Å²) < 4.78 is 4.82. The van der Waals surface area contributed by atoms with Gasteiger partial charge in [0, 0.05) is 19.9 Å². The molecule has 1 unspecified atom stereocenters. The summed E-state index contributed by atoms with van der Waals surface area (Å²) in [7, 11) is 1.54. The number of nitrogens with zero attached hydrogens (tertiary/aromatic N) is 1. The predicted molar refractivity (Wildman–Crippen MR) is 73.6 cm³/mol. The Morgan fingerprint density at radius 3 is 2.80 bits per heavy atom. The minimum atomic E-state index is -1.11. The molecule has 1 heterocycles. The van der Waals surface area contributed by atoms with Crippen LogP contribution in [0.15, 0.2) is 12.3 Å². The van der Waals surface area contributed by atoms with Crippen molar-refractivity contribution in [2.45, 2.75) is 13.0 Å². The molecule has 1 aromatic rings. The SMILES string of the molecule is COCCNC(=O)C(C)Nc1ncc(C(=O)O)cc1N. The zero-order chi connectivity index (χ0) is 15.1. The van der Waals surface area contributed by atoms with E-state index < -0.39 is 12.0 Å². The van der Waals surface area contributed by atoms with E-state index in [4.69, 9.17) is 15.6 Å². The fourth-order valence-electron chi connectivity index (χ4n) is 1.42. The van der Waals surface area contributed by atoms with Gasteiger partial charge < -0.3 is 26.2 Å². The minimum Gasteiger partial charge on any atom is -0.478 e. The Labute approximate surface area is 116 Å². The number of anilines is 2. The van der Waals surface area contributed by atoms with Gasteiger partial charge in [0.25, 0.3) is 0 Å². The van der Waals surface area contributed by atoms with E-state index in [0.29, 0.717) is 13.2 Å². The number of amides is 1. The number of carboxylic acids is 1. The van der Waals surface area contributed by atoms with Crippen LogP contribution >= 0.6 is 0 Å². The van der Waals surface area contributed by atoms with E-state index in [1.807, 2.05) is 0 Å². The van der Waals surface area contributed by atoms with E-state index in [1.165, 1.54) is 12.3 Å². The first-order chi connectivity index (χ1) is 9.45. The Morgan fingerprint density at radius 1 is 1.55 bits per heavy atom. The summed E-state index contributed by atoms with van der Waals surface area (Å²) in [5.41, 5.74) is 5.85. The molecule has 0 aromatic carbocycles. The van der Waals surface area contributed by atoms with Crippen LogP contribution in [0, 0.1) is 0 Å². The monoisotopic (exact) mass is 282 g/mol. The van der Waals surface area contributed by atoms with Crippen LogP contribution in [0.5, 0.6) is 0 Å². The number of nitrogen functional groups attached to an aromatic ring is 1. The van der Waals surface area contributed by atoms with Crippen molar-refractivity contribution in [2.24, 2.45) is 0 Å². The average Bonchev–Trinajstić information content (AvgIpc) is 2.40. The van der Waals surface area contributed by atoms with Crippen molar-refractivity contribution >= 4 is 23.4 Å². The van der Waals surface area contributed by atoms with Gasteiger partial charge in [0.1, 0.15) is 11.9 Å². The molecular formula is C12H18N4O4. The lowest BCUT2D eigenvalue weighted by Crippen LogP contribution is -2.39. The predicted octanol–water partition coefficient (Wildman–Crippen LogP) is -0.0750. The van der Waals surface area contributed by atoms with Gasteiger partial charge in [-0.1, -0.05) is 0 Å². The highest BCUT2D eigenvalue weighted by Gasteiger charge is 2.15.